The molecule has 15 heavy (non-hydrogen) atoms. The predicted octanol–water partition coefficient (Wildman–Crippen LogP) is -0.633. The Morgan fingerprint density at radius 3 is 1.80 bits per heavy atom. The molecule has 0 aromatic heterocycles. The summed E-state index contributed by atoms with van der Waals surface area (Å²) in [5.41, 5.74) is 0. The molecule has 0 aliphatic carbocycles. The van der Waals surface area contributed by atoms with Crippen LogP contribution in [-0.4, -0.2) is 45.3 Å². The molecular weight excluding hydrogens is 206 g/mol. The molecule has 0 aromatic carbocycles. The van der Waals surface area contributed by atoms with Crippen molar-refractivity contribution < 1.29 is 29.7 Å². The van der Waals surface area contributed by atoms with Crippen molar-refractivity contribution in [1.29, 1.82) is 0 Å². The van der Waals surface area contributed by atoms with E-state index in [1.54, 1.807) is 6.92 Å². The van der Waals surface area contributed by atoms with Gasteiger partial charge in [-0.05, 0) is 6.42 Å². The normalized spacial score (nSPS) is 14.2. The third-order valence-electron chi connectivity index (χ3n) is 1.79. The summed E-state index contributed by atoms with van der Waals surface area (Å²) in [5, 5.41) is 27.9. The summed E-state index contributed by atoms with van der Waals surface area (Å²) in [5.74, 6) is -3.87. The third-order valence-corrected chi connectivity index (χ3v) is 1.79. The van der Waals surface area contributed by atoms with Gasteiger partial charge in [0.05, 0.1) is 6.42 Å². The average molecular weight is 219 g/mol. The zero-order valence-electron chi connectivity index (χ0n) is 8.14. The Morgan fingerprint density at radius 2 is 1.53 bits per heavy atom. The highest BCUT2D eigenvalue weighted by atomic mass is 16.4. The lowest BCUT2D eigenvalue weighted by molar-refractivity contribution is -0.147. The fourth-order valence-electron chi connectivity index (χ4n) is 0.999. The van der Waals surface area contributed by atoms with E-state index in [2.05, 4.69) is 5.32 Å². The molecule has 7 nitrogen and oxygen atoms in total. The molecule has 0 saturated heterocycles. The molecule has 2 atom stereocenters. The highest BCUT2D eigenvalue weighted by molar-refractivity contribution is 5.82. The Morgan fingerprint density at radius 1 is 1.07 bits per heavy atom. The van der Waals surface area contributed by atoms with Crippen LogP contribution >= 0.6 is 0 Å². The van der Waals surface area contributed by atoms with E-state index in [4.69, 9.17) is 15.3 Å². The van der Waals surface area contributed by atoms with Crippen LogP contribution in [0.5, 0.6) is 0 Å². The summed E-state index contributed by atoms with van der Waals surface area (Å²) in [6.45, 7) is 1.56. The van der Waals surface area contributed by atoms with Gasteiger partial charge in [-0.2, -0.15) is 0 Å². The topological polar surface area (TPSA) is 124 Å². The Kier molecular flexibility index (Phi) is 5.32. The number of carbonyl (C=O) groups is 3. The second-order valence-corrected chi connectivity index (χ2v) is 2.95. The van der Waals surface area contributed by atoms with E-state index in [0.29, 0.717) is 0 Å². The van der Waals surface area contributed by atoms with Crippen LogP contribution in [0.2, 0.25) is 0 Å². The lowest BCUT2D eigenvalue weighted by atomic mass is 10.1. The fourth-order valence-corrected chi connectivity index (χ4v) is 0.999. The molecule has 0 aliphatic rings. The zero-order valence-corrected chi connectivity index (χ0v) is 8.14. The standard InChI is InChI=1S/C8H13NO6/c1-2-4(7(12)13)9-5(8(14)15)3-6(10)11/h4-5,9H,2-3H2,1H3,(H,10,11)(H,12,13)(H,14,15). The van der Waals surface area contributed by atoms with Crippen molar-refractivity contribution in [3.63, 3.8) is 0 Å². The maximum absolute atomic E-state index is 10.6. The minimum Gasteiger partial charge on any atom is -0.481 e. The van der Waals surface area contributed by atoms with Gasteiger partial charge in [0.1, 0.15) is 12.1 Å². The summed E-state index contributed by atoms with van der Waals surface area (Å²) in [6, 6.07) is -2.44. The molecule has 0 fully saturated rings. The number of hydrogen-bond donors (Lipinski definition) is 4. The van der Waals surface area contributed by atoms with Crippen LogP contribution in [0, 0.1) is 0 Å². The van der Waals surface area contributed by atoms with Gasteiger partial charge in [0.25, 0.3) is 0 Å². The van der Waals surface area contributed by atoms with Crippen molar-refractivity contribution >= 4 is 17.9 Å². The van der Waals surface area contributed by atoms with Gasteiger partial charge in [0, 0.05) is 0 Å². The summed E-state index contributed by atoms with van der Waals surface area (Å²) in [6.07, 6.45) is -0.474. The summed E-state index contributed by atoms with van der Waals surface area (Å²) in [7, 11) is 0. The van der Waals surface area contributed by atoms with E-state index in [9.17, 15) is 14.4 Å². The lowest BCUT2D eigenvalue weighted by Gasteiger charge is -2.17. The van der Waals surface area contributed by atoms with Gasteiger partial charge >= 0.3 is 17.9 Å². The van der Waals surface area contributed by atoms with Crippen LogP contribution in [-0.2, 0) is 14.4 Å². The van der Waals surface area contributed by atoms with Crippen molar-refractivity contribution in [2.24, 2.45) is 0 Å². The van der Waals surface area contributed by atoms with Crippen molar-refractivity contribution in [3.8, 4) is 0 Å². The predicted molar refractivity (Wildman–Crippen MR) is 48.5 cm³/mol. The molecule has 0 aromatic rings. The van der Waals surface area contributed by atoms with Crippen molar-refractivity contribution in [2.45, 2.75) is 31.8 Å². The first-order chi connectivity index (χ1) is 6.88. The average Bonchev–Trinajstić information content (AvgIpc) is 2.10. The molecule has 0 spiro atoms. The van der Waals surface area contributed by atoms with Gasteiger partial charge in [-0.3, -0.25) is 19.7 Å². The molecule has 0 radical (unpaired) electrons. The van der Waals surface area contributed by atoms with Gasteiger partial charge in [-0.25, -0.2) is 0 Å². The third kappa shape index (κ3) is 4.96. The molecule has 0 rings (SSSR count). The van der Waals surface area contributed by atoms with Gasteiger partial charge in [0.15, 0.2) is 0 Å². The lowest BCUT2D eigenvalue weighted by Crippen LogP contribution is -2.47. The molecule has 0 aliphatic heterocycles. The van der Waals surface area contributed by atoms with E-state index in [0.717, 1.165) is 0 Å². The summed E-state index contributed by atoms with van der Waals surface area (Å²) < 4.78 is 0. The van der Waals surface area contributed by atoms with Crippen LogP contribution in [0.4, 0.5) is 0 Å². The first kappa shape index (κ1) is 13.4. The number of rotatable bonds is 7. The molecule has 0 heterocycles. The first-order valence-corrected chi connectivity index (χ1v) is 4.32. The fraction of sp³-hybridized carbons (Fsp3) is 0.625. The molecular formula is C8H13NO6. The highest BCUT2D eigenvalue weighted by Gasteiger charge is 2.26. The monoisotopic (exact) mass is 219 g/mol. The van der Waals surface area contributed by atoms with E-state index in [-0.39, 0.29) is 6.42 Å². The smallest absolute Gasteiger partial charge is 0.321 e. The number of aliphatic carboxylic acids is 3. The quantitative estimate of drug-likeness (QED) is 0.449. The Labute approximate surface area is 85.7 Å². The van der Waals surface area contributed by atoms with Gasteiger partial charge in [-0.1, -0.05) is 6.92 Å². The molecule has 2 unspecified atom stereocenters. The van der Waals surface area contributed by atoms with Gasteiger partial charge in [0.2, 0.25) is 0 Å². The molecule has 0 amide bonds. The largest absolute Gasteiger partial charge is 0.481 e. The van der Waals surface area contributed by atoms with Crippen LogP contribution in [0.15, 0.2) is 0 Å². The van der Waals surface area contributed by atoms with E-state index in [1.165, 1.54) is 0 Å². The van der Waals surface area contributed by atoms with Crippen LogP contribution < -0.4 is 5.32 Å². The number of carboxylic acids is 3. The van der Waals surface area contributed by atoms with E-state index in [1.807, 2.05) is 0 Å². The van der Waals surface area contributed by atoms with E-state index >= 15 is 0 Å². The summed E-state index contributed by atoms with van der Waals surface area (Å²) in [4.78, 5) is 31.5. The van der Waals surface area contributed by atoms with Gasteiger partial charge < -0.3 is 15.3 Å². The minimum atomic E-state index is -1.39. The second-order valence-electron chi connectivity index (χ2n) is 2.95. The second kappa shape index (κ2) is 5.97. The SMILES string of the molecule is CCC(NC(CC(=O)O)C(=O)O)C(=O)O. The van der Waals surface area contributed by atoms with Crippen molar-refractivity contribution in [3.05, 3.63) is 0 Å². The minimum absolute atomic E-state index is 0.179. The van der Waals surface area contributed by atoms with E-state index < -0.39 is 36.4 Å². The molecule has 4 N–H and O–H groups in total. The summed E-state index contributed by atoms with van der Waals surface area (Å²) >= 11 is 0. The molecule has 7 heteroatoms. The molecule has 0 bridgehead atoms. The number of carboxylic acid groups (broad SMARTS) is 3. The van der Waals surface area contributed by atoms with Crippen LogP contribution in [0.3, 0.4) is 0 Å². The molecule has 86 valence electrons. The zero-order chi connectivity index (χ0) is 12.0. The Balaban J connectivity index is 4.45. The maximum atomic E-state index is 10.6. The van der Waals surface area contributed by atoms with Crippen molar-refractivity contribution in [2.75, 3.05) is 0 Å². The highest BCUT2D eigenvalue weighted by Crippen LogP contribution is 1.99. The first-order valence-electron chi connectivity index (χ1n) is 4.32. The molecule has 0 saturated carbocycles. The number of hydrogen-bond acceptors (Lipinski definition) is 4. The van der Waals surface area contributed by atoms with Crippen LogP contribution in [0.25, 0.3) is 0 Å². The van der Waals surface area contributed by atoms with Crippen LogP contribution in [0.1, 0.15) is 19.8 Å². The Bertz CT molecular complexity index is 264. The van der Waals surface area contributed by atoms with Crippen molar-refractivity contribution in [1.82, 2.24) is 5.32 Å². The maximum Gasteiger partial charge on any atom is 0.321 e. The van der Waals surface area contributed by atoms with Gasteiger partial charge in [-0.15, -0.1) is 0 Å². The number of nitrogens with one attached hydrogen (secondary N) is 1. The Hall–Kier alpha value is -1.63.